The second kappa shape index (κ2) is 7.61. The fraction of sp³-hybridized carbons (Fsp3) is 0.200. The van der Waals surface area contributed by atoms with Crippen molar-refractivity contribution >= 4 is 56.4 Å². The Balaban J connectivity index is 2.26. The molecule has 0 spiro atoms. The van der Waals surface area contributed by atoms with Gasteiger partial charge >= 0.3 is 0 Å². The lowest BCUT2D eigenvalue weighted by Crippen LogP contribution is -2.00. The van der Waals surface area contributed by atoms with Crippen molar-refractivity contribution in [3.8, 4) is 0 Å². The number of nitrogens with one attached hydrogen (secondary N) is 2. The Bertz CT molecular complexity index is 778. The third-order valence-corrected chi connectivity index (χ3v) is 3.57. The Hall–Kier alpha value is -1.86. The summed E-state index contributed by atoms with van der Waals surface area (Å²) in [5, 5.41) is 10.5. The first-order valence-electron chi connectivity index (χ1n) is 6.68. The predicted molar refractivity (Wildman–Crippen MR) is 95.2 cm³/mol. The summed E-state index contributed by atoms with van der Waals surface area (Å²) in [4.78, 5) is 12.8. The van der Waals surface area contributed by atoms with Crippen LogP contribution in [0.4, 0.5) is 21.8 Å². The summed E-state index contributed by atoms with van der Waals surface area (Å²) >= 11 is 9.10. The van der Waals surface area contributed by atoms with Crippen LogP contribution in [0.15, 0.2) is 33.9 Å². The smallest absolute Gasteiger partial charge is 0.229 e. The van der Waals surface area contributed by atoms with E-state index in [2.05, 4.69) is 36.2 Å². The van der Waals surface area contributed by atoms with Crippen LogP contribution in [-0.2, 0) is 0 Å². The average molecular weight is 399 g/mol. The van der Waals surface area contributed by atoms with E-state index in [-0.39, 0.29) is 5.02 Å². The molecular weight excluding hydrogens is 385 g/mol. The molecular formula is C15H14BrClFN5. The van der Waals surface area contributed by atoms with Gasteiger partial charge in [0.2, 0.25) is 5.95 Å². The van der Waals surface area contributed by atoms with Crippen LogP contribution in [0.25, 0.3) is 0 Å². The molecule has 0 aliphatic carbocycles. The molecule has 2 rings (SSSR count). The number of aromatic nitrogens is 2. The number of nitrogens with zero attached hydrogens (tertiary/aromatic N) is 3. The second-order valence-electron chi connectivity index (χ2n) is 4.92. The number of rotatable bonds is 5. The standard InChI is InChI=1S/C15H14BrClFN5/c1-8(19)5-9(2)21-14-11(16)7-20-15(23-14)22-10-3-4-13(18)12(17)6-10/h3-4,6-7,19H,5H2,1-2H3,(H,20,22,23). The SMILES string of the molecule is CC(=N)CC(C)=Nc1nc(Nc2ccc(F)c(Cl)c2)ncc1Br. The molecule has 1 heterocycles. The van der Waals surface area contributed by atoms with Crippen LogP contribution in [0.5, 0.6) is 0 Å². The minimum absolute atomic E-state index is 0.0164. The van der Waals surface area contributed by atoms with Crippen LogP contribution in [0.2, 0.25) is 5.02 Å². The van der Waals surface area contributed by atoms with Gasteiger partial charge in [-0.3, -0.25) is 0 Å². The van der Waals surface area contributed by atoms with Crippen LogP contribution in [-0.4, -0.2) is 21.4 Å². The molecule has 0 unspecified atom stereocenters. The molecule has 0 radical (unpaired) electrons. The fourth-order valence-electron chi connectivity index (χ4n) is 1.80. The van der Waals surface area contributed by atoms with Crippen molar-refractivity contribution in [1.29, 1.82) is 5.41 Å². The van der Waals surface area contributed by atoms with Gasteiger partial charge in [-0.05, 0) is 48.0 Å². The van der Waals surface area contributed by atoms with Crippen molar-refractivity contribution in [1.82, 2.24) is 9.97 Å². The molecule has 0 saturated heterocycles. The first-order chi connectivity index (χ1) is 10.8. The molecule has 1 aromatic heterocycles. The van der Waals surface area contributed by atoms with E-state index in [0.717, 1.165) is 5.71 Å². The molecule has 2 N–H and O–H groups in total. The summed E-state index contributed by atoms with van der Waals surface area (Å²) in [7, 11) is 0. The first-order valence-corrected chi connectivity index (χ1v) is 7.85. The van der Waals surface area contributed by atoms with Gasteiger partial charge in [0.25, 0.3) is 0 Å². The van der Waals surface area contributed by atoms with Crippen molar-refractivity contribution in [2.45, 2.75) is 20.3 Å². The van der Waals surface area contributed by atoms with Gasteiger partial charge < -0.3 is 10.7 Å². The minimum Gasteiger partial charge on any atom is -0.324 e. The van der Waals surface area contributed by atoms with E-state index in [4.69, 9.17) is 17.0 Å². The molecule has 0 fully saturated rings. The third kappa shape index (κ3) is 5.07. The highest BCUT2D eigenvalue weighted by Gasteiger charge is 2.07. The van der Waals surface area contributed by atoms with Crippen LogP contribution in [0.1, 0.15) is 20.3 Å². The summed E-state index contributed by atoms with van der Waals surface area (Å²) in [6.07, 6.45) is 2.05. The van der Waals surface area contributed by atoms with Crippen LogP contribution in [0, 0.1) is 11.2 Å². The van der Waals surface area contributed by atoms with Gasteiger partial charge in [0.15, 0.2) is 5.82 Å². The molecule has 0 aliphatic heterocycles. The lowest BCUT2D eigenvalue weighted by atomic mass is 10.2. The van der Waals surface area contributed by atoms with E-state index in [1.54, 1.807) is 19.2 Å². The maximum Gasteiger partial charge on any atom is 0.229 e. The van der Waals surface area contributed by atoms with Gasteiger partial charge in [-0.15, -0.1) is 0 Å². The number of benzene rings is 1. The number of hydrogen-bond acceptors (Lipinski definition) is 5. The summed E-state index contributed by atoms with van der Waals surface area (Å²) < 4.78 is 13.8. The largest absolute Gasteiger partial charge is 0.324 e. The van der Waals surface area contributed by atoms with Gasteiger partial charge in [0.1, 0.15) is 5.82 Å². The van der Waals surface area contributed by atoms with Gasteiger partial charge in [-0.25, -0.2) is 14.4 Å². The summed E-state index contributed by atoms with van der Waals surface area (Å²) in [6.45, 7) is 3.55. The maximum absolute atomic E-state index is 13.2. The lowest BCUT2D eigenvalue weighted by molar-refractivity contribution is 0.628. The zero-order chi connectivity index (χ0) is 17.0. The molecule has 0 bridgehead atoms. The molecule has 0 aliphatic rings. The van der Waals surface area contributed by atoms with Gasteiger partial charge in [-0.2, -0.15) is 4.98 Å². The number of halogens is 3. The van der Waals surface area contributed by atoms with Gasteiger partial charge in [0.05, 0.1) is 9.50 Å². The van der Waals surface area contributed by atoms with Gasteiger partial charge in [-0.1, -0.05) is 11.6 Å². The van der Waals surface area contributed by atoms with Crippen molar-refractivity contribution in [3.63, 3.8) is 0 Å². The van der Waals surface area contributed by atoms with Crippen LogP contribution >= 0.6 is 27.5 Å². The Morgan fingerprint density at radius 2 is 2.17 bits per heavy atom. The van der Waals surface area contributed by atoms with E-state index in [1.165, 1.54) is 12.1 Å². The normalized spacial score (nSPS) is 11.4. The van der Waals surface area contributed by atoms with E-state index < -0.39 is 5.82 Å². The second-order valence-corrected chi connectivity index (χ2v) is 6.18. The highest BCUT2D eigenvalue weighted by molar-refractivity contribution is 9.10. The Morgan fingerprint density at radius 3 is 2.83 bits per heavy atom. The quantitative estimate of drug-likeness (QED) is 0.671. The van der Waals surface area contributed by atoms with Crippen molar-refractivity contribution < 1.29 is 4.39 Å². The molecule has 5 nitrogen and oxygen atoms in total. The molecule has 0 amide bonds. The Labute approximate surface area is 146 Å². The monoisotopic (exact) mass is 397 g/mol. The first kappa shape index (κ1) is 17.5. The molecule has 1 aromatic carbocycles. The molecule has 23 heavy (non-hydrogen) atoms. The van der Waals surface area contributed by atoms with Crippen molar-refractivity contribution in [2.75, 3.05) is 5.32 Å². The number of aliphatic imine (C=N–C) groups is 1. The zero-order valence-corrected chi connectivity index (χ0v) is 14.8. The van der Waals surface area contributed by atoms with E-state index in [0.29, 0.717) is 34.1 Å². The minimum atomic E-state index is -0.489. The van der Waals surface area contributed by atoms with Crippen LogP contribution < -0.4 is 5.32 Å². The van der Waals surface area contributed by atoms with E-state index >= 15 is 0 Å². The number of hydrogen-bond donors (Lipinski definition) is 2. The average Bonchev–Trinajstić information content (AvgIpc) is 2.45. The Kier molecular flexibility index (Phi) is 5.79. The molecule has 0 atom stereocenters. The summed E-state index contributed by atoms with van der Waals surface area (Å²) in [6, 6.07) is 4.26. The zero-order valence-electron chi connectivity index (χ0n) is 12.5. The van der Waals surface area contributed by atoms with Crippen LogP contribution in [0.3, 0.4) is 0 Å². The van der Waals surface area contributed by atoms with E-state index in [1.807, 2.05) is 6.92 Å². The molecule has 8 heteroatoms. The maximum atomic E-state index is 13.2. The highest BCUT2D eigenvalue weighted by Crippen LogP contribution is 2.26. The van der Waals surface area contributed by atoms with Crippen molar-refractivity contribution in [3.05, 3.63) is 39.7 Å². The summed E-state index contributed by atoms with van der Waals surface area (Å²) in [5.41, 5.74) is 1.86. The molecule has 2 aromatic rings. The van der Waals surface area contributed by atoms with Gasteiger partial charge in [0, 0.05) is 29.7 Å². The third-order valence-electron chi connectivity index (χ3n) is 2.72. The van der Waals surface area contributed by atoms with Crippen molar-refractivity contribution in [2.24, 2.45) is 4.99 Å². The summed E-state index contributed by atoms with van der Waals surface area (Å²) in [5.74, 6) is 0.278. The molecule has 0 saturated carbocycles. The fourth-order valence-corrected chi connectivity index (χ4v) is 2.26. The highest BCUT2D eigenvalue weighted by atomic mass is 79.9. The molecule has 120 valence electrons. The lowest BCUT2D eigenvalue weighted by Gasteiger charge is -2.07. The van der Waals surface area contributed by atoms with E-state index in [9.17, 15) is 4.39 Å². The topological polar surface area (TPSA) is 74.0 Å². The number of anilines is 2. The predicted octanol–water partition coefficient (Wildman–Crippen LogP) is 5.30. The Morgan fingerprint density at radius 1 is 1.43 bits per heavy atom.